The largest absolute Gasteiger partial charge is 0.307 e. The van der Waals surface area contributed by atoms with Crippen molar-refractivity contribution in [1.82, 2.24) is 5.32 Å². The highest BCUT2D eigenvalue weighted by Gasteiger charge is 2.33. The van der Waals surface area contributed by atoms with Crippen LogP contribution in [0.5, 0.6) is 0 Å². The zero-order chi connectivity index (χ0) is 11.0. The second-order valence-electron chi connectivity index (χ2n) is 4.37. The fourth-order valence-corrected chi connectivity index (χ4v) is 2.51. The van der Waals surface area contributed by atoms with E-state index in [4.69, 9.17) is 0 Å². The van der Waals surface area contributed by atoms with Gasteiger partial charge in [0.1, 0.15) is 5.82 Å². The third-order valence-corrected chi connectivity index (χ3v) is 3.69. The molecule has 0 bridgehead atoms. The van der Waals surface area contributed by atoms with Crippen LogP contribution >= 0.6 is 15.9 Å². The van der Waals surface area contributed by atoms with Gasteiger partial charge in [0, 0.05) is 16.6 Å². The van der Waals surface area contributed by atoms with E-state index in [-0.39, 0.29) is 11.9 Å². The van der Waals surface area contributed by atoms with E-state index in [9.17, 15) is 4.39 Å². The third kappa shape index (κ3) is 2.58. The lowest BCUT2D eigenvalue weighted by molar-refractivity contribution is 0.548. The highest BCUT2D eigenvalue weighted by atomic mass is 79.9. The van der Waals surface area contributed by atoms with E-state index >= 15 is 0 Å². The van der Waals surface area contributed by atoms with Crippen molar-refractivity contribution in [2.45, 2.75) is 32.4 Å². The van der Waals surface area contributed by atoms with Crippen LogP contribution in [-0.2, 0) is 0 Å². The van der Waals surface area contributed by atoms with Crippen molar-refractivity contribution in [3.05, 3.63) is 34.1 Å². The normalized spacial score (nSPS) is 26.4. The van der Waals surface area contributed by atoms with Crippen LogP contribution in [0.15, 0.2) is 22.7 Å². The molecule has 1 aromatic carbocycles. The molecule has 1 aromatic rings. The maximum Gasteiger partial charge on any atom is 0.124 e. The van der Waals surface area contributed by atoms with Crippen LogP contribution in [0.4, 0.5) is 4.39 Å². The van der Waals surface area contributed by atoms with E-state index in [1.165, 1.54) is 18.6 Å². The van der Waals surface area contributed by atoms with Crippen LogP contribution in [-0.4, -0.2) is 6.04 Å². The minimum absolute atomic E-state index is 0.197. The quantitative estimate of drug-likeness (QED) is 0.885. The van der Waals surface area contributed by atoms with E-state index < -0.39 is 0 Å². The van der Waals surface area contributed by atoms with Crippen LogP contribution in [0.3, 0.4) is 0 Å². The molecule has 1 saturated carbocycles. The molecule has 82 valence electrons. The monoisotopic (exact) mass is 271 g/mol. The van der Waals surface area contributed by atoms with Gasteiger partial charge in [-0.3, -0.25) is 0 Å². The van der Waals surface area contributed by atoms with Gasteiger partial charge in [-0.1, -0.05) is 28.9 Å². The molecule has 1 fully saturated rings. The predicted octanol–water partition coefficient (Wildman–Crippen LogP) is 3.65. The summed E-state index contributed by atoms with van der Waals surface area (Å²) in [6, 6.07) is 5.77. The molecule has 15 heavy (non-hydrogen) atoms. The van der Waals surface area contributed by atoms with Gasteiger partial charge in [0.2, 0.25) is 0 Å². The van der Waals surface area contributed by atoms with Gasteiger partial charge >= 0.3 is 0 Å². The van der Waals surface area contributed by atoms with Crippen LogP contribution in [0.2, 0.25) is 0 Å². The molecule has 2 rings (SSSR count). The van der Waals surface area contributed by atoms with E-state index in [0.717, 1.165) is 16.0 Å². The first-order valence-electron chi connectivity index (χ1n) is 5.29. The summed E-state index contributed by atoms with van der Waals surface area (Å²) >= 11 is 3.39. The van der Waals surface area contributed by atoms with Gasteiger partial charge in [-0.05, 0) is 37.0 Å². The van der Waals surface area contributed by atoms with Crippen LogP contribution in [0.25, 0.3) is 0 Å². The molecule has 0 spiro atoms. The lowest BCUT2D eigenvalue weighted by Crippen LogP contribution is -2.22. The molecule has 1 aliphatic rings. The Kier molecular flexibility index (Phi) is 3.12. The van der Waals surface area contributed by atoms with Crippen molar-refractivity contribution in [2.24, 2.45) is 5.92 Å². The van der Waals surface area contributed by atoms with Crippen molar-refractivity contribution in [1.29, 1.82) is 0 Å². The summed E-state index contributed by atoms with van der Waals surface area (Å²) in [5.74, 6) is 0.587. The summed E-state index contributed by atoms with van der Waals surface area (Å²) < 4.78 is 13.7. The van der Waals surface area contributed by atoms with Crippen molar-refractivity contribution in [3.63, 3.8) is 0 Å². The molecule has 0 saturated heterocycles. The number of hydrogen-bond acceptors (Lipinski definition) is 1. The fourth-order valence-electron chi connectivity index (χ4n) is 1.82. The van der Waals surface area contributed by atoms with Gasteiger partial charge in [-0.25, -0.2) is 4.39 Å². The lowest BCUT2D eigenvalue weighted by atomic mass is 10.1. The molecule has 0 amide bonds. The molecule has 1 nitrogen and oxygen atoms in total. The Morgan fingerprint density at radius 2 is 2.20 bits per heavy atom. The zero-order valence-corrected chi connectivity index (χ0v) is 10.5. The smallest absolute Gasteiger partial charge is 0.124 e. The standard InChI is InChI=1S/C12H15BrFN/c1-7-5-12(7)15-8(2)10-4-3-9(14)6-11(10)13/h3-4,6-8,12,15H,5H2,1-2H3. The first-order valence-corrected chi connectivity index (χ1v) is 6.08. The predicted molar refractivity (Wildman–Crippen MR) is 63.2 cm³/mol. The number of hydrogen-bond donors (Lipinski definition) is 1. The Morgan fingerprint density at radius 1 is 1.53 bits per heavy atom. The maximum atomic E-state index is 12.9. The average molecular weight is 272 g/mol. The topological polar surface area (TPSA) is 12.0 Å². The van der Waals surface area contributed by atoms with Crippen LogP contribution in [0, 0.1) is 11.7 Å². The highest BCUT2D eigenvalue weighted by molar-refractivity contribution is 9.10. The average Bonchev–Trinajstić information content (AvgIpc) is 2.81. The zero-order valence-electron chi connectivity index (χ0n) is 8.93. The van der Waals surface area contributed by atoms with Gasteiger partial charge in [-0.15, -0.1) is 0 Å². The Bertz CT molecular complexity index is 367. The van der Waals surface area contributed by atoms with Crippen molar-refractivity contribution in [3.8, 4) is 0 Å². The Morgan fingerprint density at radius 3 is 2.73 bits per heavy atom. The van der Waals surface area contributed by atoms with Gasteiger partial charge in [-0.2, -0.15) is 0 Å². The number of rotatable bonds is 3. The number of halogens is 2. The molecule has 0 aliphatic heterocycles. The molecule has 3 heteroatoms. The molecule has 3 atom stereocenters. The summed E-state index contributed by atoms with van der Waals surface area (Å²) in [4.78, 5) is 0. The molecule has 1 N–H and O–H groups in total. The van der Waals surface area contributed by atoms with Crippen molar-refractivity contribution in [2.75, 3.05) is 0 Å². The molecule has 3 unspecified atom stereocenters. The number of benzene rings is 1. The van der Waals surface area contributed by atoms with Gasteiger partial charge in [0.25, 0.3) is 0 Å². The fraction of sp³-hybridized carbons (Fsp3) is 0.500. The minimum atomic E-state index is -0.197. The van der Waals surface area contributed by atoms with Crippen LogP contribution < -0.4 is 5.32 Å². The lowest BCUT2D eigenvalue weighted by Gasteiger charge is -2.15. The Balaban J connectivity index is 2.07. The second kappa shape index (κ2) is 4.22. The SMILES string of the molecule is CC(NC1CC1C)c1ccc(F)cc1Br. The molecule has 0 heterocycles. The summed E-state index contributed by atoms with van der Waals surface area (Å²) in [7, 11) is 0. The summed E-state index contributed by atoms with van der Waals surface area (Å²) in [6.07, 6.45) is 1.25. The van der Waals surface area contributed by atoms with Gasteiger partial charge in [0.15, 0.2) is 0 Å². The number of nitrogens with one attached hydrogen (secondary N) is 1. The molecule has 0 radical (unpaired) electrons. The van der Waals surface area contributed by atoms with Crippen molar-refractivity contribution >= 4 is 15.9 Å². The second-order valence-corrected chi connectivity index (χ2v) is 5.23. The summed E-state index contributed by atoms with van der Waals surface area (Å²) in [5, 5.41) is 3.53. The molecule has 0 aromatic heterocycles. The van der Waals surface area contributed by atoms with E-state index in [0.29, 0.717) is 6.04 Å². The van der Waals surface area contributed by atoms with Crippen molar-refractivity contribution < 1.29 is 4.39 Å². The van der Waals surface area contributed by atoms with Gasteiger partial charge in [0.05, 0.1) is 0 Å². The van der Waals surface area contributed by atoms with E-state index in [1.807, 2.05) is 6.07 Å². The Hall–Kier alpha value is -0.410. The summed E-state index contributed by atoms with van der Waals surface area (Å²) in [5.41, 5.74) is 1.12. The first-order chi connectivity index (χ1) is 7.08. The third-order valence-electron chi connectivity index (χ3n) is 3.00. The molecular formula is C12H15BrFN. The van der Waals surface area contributed by atoms with Crippen LogP contribution in [0.1, 0.15) is 31.9 Å². The van der Waals surface area contributed by atoms with E-state index in [2.05, 4.69) is 35.1 Å². The Labute approximate surface area is 98.2 Å². The van der Waals surface area contributed by atoms with E-state index in [1.54, 1.807) is 0 Å². The summed E-state index contributed by atoms with van der Waals surface area (Å²) in [6.45, 7) is 4.35. The molecular weight excluding hydrogens is 257 g/mol. The first kappa shape index (κ1) is 11.1. The minimum Gasteiger partial charge on any atom is -0.307 e. The maximum absolute atomic E-state index is 12.9. The molecule has 1 aliphatic carbocycles. The highest BCUT2D eigenvalue weighted by Crippen LogP contribution is 2.33. The van der Waals surface area contributed by atoms with Gasteiger partial charge < -0.3 is 5.32 Å².